The molecule has 61 heavy (non-hydrogen) atoms. The van der Waals surface area contributed by atoms with Gasteiger partial charge in [0.05, 0.1) is 33.1 Å². The smallest absolute Gasteiger partial charge is 0.237 e. The Bertz CT molecular complexity index is 3440. The highest BCUT2D eigenvalue weighted by atomic mass is 16.5. The Balaban J connectivity index is 0.949. The summed E-state index contributed by atoms with van der Waals surface area (Å²) < 4.78 is 19.7. The average molecular weight is 791 g/mol. The highest BCUT2D eigenvalue weighted by Gasteiger charge is 2.19. The Labute approximate surface area is 348 Å². The fourth-order valence-electron chi connectivity index (χ4n) is 8.65. The summed E-state index contributed by atoms with van der Waals surface area (Å²) in [7, 11) is 0. The molecule has 6 heterocycles. The standard InChI is InChI=1S/C51H34N8O2/c1-31-11-21-49(53-27-31)57-43-9-5-3-7-37(43)39-17-13-33(23-45(39)57)60-35-15-19-41-42-20-16-36(26-48(42)59(47(41)25-35)51-55-29-52-30-56-51)61-34-14-18-40-38-8-4-6-10-44(38)58(46(40)24-34)50-22-12-32(2)28-54-50/h3-30H,1-2H3. The van der Waals surface area contributed by atoms with E-state index in [1.54, 1.807) is 0 Å². The van der Waals surface area contributed by atoms with Gasteiger partial charge in [-0.3, -0.25) is 13.7 Å². The molecule has 0 aliphatic rings. The van der Waals surface area contributed by atoms with Crippen molar-refractivity contribution in [3.05, 3.63) is 182 Å². The van der Waals surface area contributed by atoms with Crippen LogP contribution in [0.1, 0.15) is 11.1 Å². The molecular formula is C51H34N8O2. The molecule has 0 bridgehead atoms. The van der Waals surface area contributed by atoms with Crippen molar-refractivity contribution in [3.8, 4) is 40.6 Å². The highest BCUT2D eigenvalue weighted by molar-refractivity contribution is 6.11. The van der Waals surface area contributed by atoms with Crippen LogP contribution in [0.5, 0.6) is 23.0 Å². The number of para-hydroxylation sites is 2. The molecule has 0 aliphatic carbocycles. The Morgan fingerprint density at radius 1 is 0.361 bits per heavy atom. The van der Waals surface area contributed by atoms with E-state index in [4.69, 9.17) is 19.4 Å². The first-order valence-corrected chi connectivity index (χ1v) is 20.0. The summed E-state index contributed by atoms with van der Waals surface area (Å²) in [6.45, 7) is 4.09. The minimum Gasteiger partial charge on any atom is -0.457 e. The van der Waals surface area contributed by atoms with Crippen molar-refractivity contribution in [2.75, 3.05) is 0 Å². The van der Waals surface area contributed by atoms with Crippen LogP contribution in [0.3, 0.4) is 0 Å². The van der Waals surface area contributed by atoms with Crippen molar-refractivity contribution in [2.24, 2.45) is 0 Å². The van der Waals surface area contributed by atoms with Crippen LogP contribution in [0.4, 0.5) is 0 Å². The molecule has 6 aromatic carbocycles. The minimum absolute atomic E-state index is 0.484. The number of aryl methyl sites for hydroxylation is 2. The summed E-state index contributed by atoms with van der Waals surface area (Å²) in [6.07, 6.45) is 6.82. The summed E-state index contributed by atoms with van der Waals surface area (Å²) in [5.41, 5.74) is 8.17. The lowest BCUT2D eigenvalue weighted by Gasteiger charge is -2.10. The fourth-order valence-corrected chi connectivity index (χ4v) is 8.65. The van der Waals surface area contributed by atoms with E-state index in [-0.39, 0.29) is 0 Å². The molecule has 12 aromatic rings. The molecule has 0 aliphatic heterocycles. The number of hydrogen-bond donors (Lipinski definition) is 0. The van der Waals surface area contributed by atoms with Gasteiger partial charge in [0.2, 0.25) is 5.95 Å². The Morgan fingerprint density at radius 3 is 1.13 bits per heavy atom. The van der Waals surface area contributed by atoms with Crippen molar-refractivity contribution in [2.45, 2.75) is 13.8 Å². The van der Waals surface area contributed by atoms with Crippen molar-refractivity contribution >= 4 is 65.4 Å². The van der Waals surface area contributed by atoms with Crippen molar-refractivity contribution in [1.29, 1.82) is 0 Å². The molecule has 0 atom stereocenters. The fraction of sp³-hybridized carbons (Fsp3) is 0.0392. The van der Waals surface area contributed by atoms with Crippen LogP contribution in [0.25, 0.3) is 83.0 Å². The maximum Gasteiger partial charge on any atom is 0.237 e. The van der Waals surface area contributed by atoms with Gasteiger partial charge in [0.1, 0.15) is 47.3 Å². The van der Waals surface area contributed by atoms with E-state index >= 15 is 0 Å². The normalized spacial score (nSPS) is 11.8. The van der Waals surface area contributed by atoms with E-state index in [0.717, 1.165) is 88.2 Å². The third-order valence-electron chi connectivity index (χ3n) is 11.4. The molecule has 0 radical (unpaired) electrons. The molecule has 0 unspecified atom stereocenters. The topological polar surface area (TPSA) is 97.7 Å². The summed E-state index contributed by atoms with van der Waals surface area (Å²) in [5.74, 6) is 4.94. The molecule has 0 fully saturated rings. The molecule has 0 N–H and O–H groups in total. The lowest BCUT2D eigenvalue weighted by Crippen LogP contribution is -2.01. The van der Waals surface area contributed by atoms with Gasteiger partial charge in [-0.1, -0.05) is 48.5 Å². The Hall–Kier alpha value is -8.37. The van der Waals surface area contributed by atoms with Gasteiger partial charge >= 0.3 is 0 Å². The van der Waals surface area contributed by atoms with E-state index in [0.29, 0.717) is 28.9 Å². The number of fused-ring (bicyclic) bond motifs is 9. The zero-order valence-electron chi connectivity index (χ0n) is 33.1. The lowest BCUT2D eigenvalue weighted by molar-refractivity contribution is 0.484. The quantitative estimate of drug-likeness (QED) is 0.158. The average Bonchev–Trinajstić information content (AvgIpc) is 3.92. The summed E-state index contributed by atoms with van der Waals surface area (Å²) in [4.78, 5) is 22.9. The minimum atomic E-state index is 0.484. The first kappa shape index (κ1) is 34.7. The Kier molecular flexibility index (Phi) is 7.73. The van der Waals surface area contributed by atoms with E-state index in [9.17, 15) is 0 Å². The van der Waals surface area contributed by atoms with Gasteiger partial charge in [0.15, 0.2) is 0 Å². The van der Waals surface area contributed by atoms with Gasteiger partial charge in [-0.2, -0.15) is 0 Å². The number of aromatic nitrogens is 8. The molecule has 0 saturated carbocycles. The predicted octanol–water partition coefficient (Wildman–Crippen LogP) is 12.2. The van der Waals surface area contributed by atoms with Crippen molar-refractivity contribution in [1.82, 2.24) is 38.6 Å². The zero-order chi connectivity index (χ0) is 40.6. The van der Waals surface area contributed by atoms with Crippen LogP contribution in [0, 0.1) is 13.8 Å². The van der Waals surface area contributed by atoms with Crippen LogP contribution in [0.15, 0.2) is 171 Å². The van der Waals surface area contributed by atoms with Crippen LogP contribution < -0.4 is 9.47 Å². The maximum absolute atomic E-state index is 6.66. The largest absolute Gasteiger partial charge is 0.457 e. The summed E-state index contributed by atoms with van der Waals surface area (Å²) in [6, 6.07) is 49.8. The van der Waals surface area contributed by atoms with Crippen LogP contribution >= 0.6 is 0 Å². The molecule has 290 valence electrons. The maximum atomic E-state index is 6.66. The molecule has 10 heteroatoms. The second-order valence-corrected chi connectivity index (χ2v) is 15.3. The molecular weight excluding hydrogens is 757 g/mol. The summed E-state index contributed by atoms with van der Waals surface area (Å²) in [5, 5.41) is 6.60. The second kappa shape index (κ2) is 13.6. The van der Waals surface area contributed by atoms with Crippen molar-refractivity contribution < 1.29 is 9.47 Å². The SMILES string of the molecule is Cc1ccc(-n2c3ccccc3c3ccc(Oc4ccc5c6ccc(Oc7ccc8c9ccccc9n(-c9ccc(C)cn9)c8c7)cc6n(-c6ncncn6)c5c4)cc32)nc1. The summed E-state index contributed by atoms with van der Waals surface area (Å²) >= 11 is 0. The van der Waals surface area contributed by atoms with E-state index in [1.807, 2.05) is 67.2 Å². The monoisotopic (exact) mass is 790 g/mol. The van der Waals surface area contributed by atoms with Gasteiger partial charge in [-0.05, 0) is 97.8 Å². The Morgan fingerprint density at radius 2 is 0.738 bits per heavy atom. The second-order valence-electron chi connectivity index (χ2n) is 15.3. The van der Waals surface area contributed by atoms with Crippen LogP contribution in [0.2, 0.25) is 0 Å². The number of pyridine rings is 2. The molecule has 12 rings (SSSR count). The number of hydrogen-bond acceptors (Lipinski definition) is 7. The number of benzene rings is 6. The lowest BCUT2D eigenvalue weighted by atomic mass is 10.1. The van der Waals surface area contributed by atoms with E-state index < -0.39 is 0 Å². The van der Waals surface area contributed by atoms with Gasteiger partial charge < -0.3 is 9.47 Å². The zero-order valence-corrected chi connectivity index (χ0v) is 33.1. The van der Waals surface area contributed by atoms with Gasteiger partial charge in [-0.25, -0.2) is 24.9 Å². The molecule has 6 aromatic heterocycles. The number of nitrogens with zero attached hydrogens (tertiary/aromatic N) is 8. The van der Waals surface area contributed by atoms with Crippen molar-refractivity contribution in [3.63, 3.8) is 0 Å². The first-order chi connectivity index (χ1) is 30.0. The molecule has 0 amide bonds. The van der Waals surface area contributed by atoms with E-state index in [2.05, 4.69) is 133 Å². The molecule has 0 saturated heterocycles. The van der Waals surface area contributed by atoms with Crippen LogP contribution in [-0.2, 0) is 0 Å². The van der Waals surface area contributed by atoms with Crippen LogP contribution in [-0.4, -0.2) is 38.6 Å². The van der Waals surface area contributed by atoms with Gasteiger partial charge in [-0.15, -0.1) is 0 Å². The van der Waals surface area contributed by atoms with E-state index in [1.165, 1.54) is 12.7 Å². The third-order valence-corrected chi connectivity index (χ3v) is 11.4. The first-order valence-electron chi connectivity index (χ1n) is 20.0. The number of ether oxygens (including phenoxy) is 2. The molecule has 10 nitrogen and oxygen atoms in total. The molecule has 0 spiro atoms. The predicted molar refractivity (Wildman–Crippen MR) is 241 cm³/mol. The highest BCUT2D eigenvalue weighted by Crippen LogP contribution is 2.40. The third kappa shape index (κ3) is 5.68. The number of rotatable bonds is 7. The van der Waals surface area contributed by atoms with Gasteiger partial charge in [0.25, 0.3) is 0 Å². The van der Waals surface area contributed by atoms with Gasteiger partial charge in [0, 0.05) is 69.0 Å².